The van der Waals surface area contributed by atoms with Crippen molar-refractivity contribution in [2.24, 2.45) is 0 Å². The van der Waals surface area contributed by atoms with E-state index < -0.39 is 66.2 Å². The number of aromatic amines is 1. The molecule has 366 valence electrons. The predicted octanol–water partition coefficient (Wildman–Crippen LogP) is 8.08. The number of fused-ring (bicyclic) bond motifs is 2. The fourth-order valence-electron chi connectivity index (χ4n) is 7.76. The fourth-order valence-corrected chi connectivity index (χ4v) is 8.22. The van der Waals surface area contributed by atoms with Crippen molar-refractivity contribution in [1.29, 1.82) is 0 Å². The van der Waals surface area contributed by atoms with Gasteiger partial charge in [-0.3, -0.25) is 9.59 Å². The van der Waals surface area contributed by atoms with Crippen LogP contribution in [-0.2, 0) is 43.9 Å². The van der Waals surface area contributed by atoms with Crippen molar-refractivity contribution in [3.05, 3.63) is 136 Å². The lowest BCUT2D eigenvalue weighted by Gasteiger charge is -2.31. The Bertz CT molecular complexity index is 2950. The standard InChI is InChI=1S/C24H23ClF3N5O4.C19H15ClF3N5O3.CH4/c25-21-17(10-29-33(24(21)35)20-3-1-2-8-36-20)32-7-6-14-16(11-32)30-19(12-34)31-23(14)37-18-5-4-13(26)9-15(18)22(27)28;20-16-13(6-24-27-18(16)30)28-4-3-10-12(7-28)25-15(8-29)26-19(10)31-14-2-1-9(21)5-11(14)17(22)23;/h4-5,9-10,20,22,34H,1-3,6-8,11-12H2;1-2,5-6,17,29H,3-4,7-8H2,(H,27,30);1H4. The Hall–Kier alpha value is -6.40. The fraction of sp³-hybridized carbons (Fsp3) is 0.364. The molecule has 17 nitrogen and oxygen atoms in total. The number of H-pyrrole nitrogens is 1. The van der Waals surface area contributed by atoms with Crippen LogP contribution in [0.3, 0.4) is 0 Å². The molecule has 6 aromatic rings. The normalized spacial score (nSPS) is 15.5. The first-order valence-electron chi connectivity index (χ1n) is 20.8. The number of rotatable bonds is 11. The lowest BCUT2D eigenvalue weighted by atomic mass is 10.1. The number of anilines is 2. The van der Waals surface area contributed by atoms with E-state index in [0.29, 0.717) is 85.0 Å². The van der Waals surface area contributed by atoms with Crippen molar-refractivity contribution in [3.8, 4) is 23.3 Å². The molecular weight excluding hydrogens is 965 g/mol. The second-order valence-electron chi connectivity index (χ2n) is 15.4. The van der Waals surface area contributed by atoms with Gasteiger partial charge in [0.1, 0.15) is 46.4 Å². The van der Waals surface area contributed by atoms with Crippen LogP contribution in [0.2, 0.25) is 10.0 Å². The van der Waals surface area contributed by atoms with Crippen LogP contribution >= 0.6 is 23.2 Å². The highest BCUT2D eigenvalue weighted by Gasteiger charge is 2.30. The minimum Gasteiger partial charge on any atom is -0.438 e. The number of halogens is 8. The van der Waals surface area contributed by atoms with Crippen LogP contribution in [0.1, 0.15) is 91.1 Å². The smallest absolute Gasteiger partial charge is 0.290 e. The Morgan fingerprint density at radius 1 is 0.754 bits per heavy atom. The third kappa shape index (κ3) is 11.1. The number of aliphatic hydroxyl groups is 2. The number of hydrogen-bond acceptors (Lipinski definition) is 15. The molecule has 1 unspecified atom stereocenters. The molecule has 0 radical (unpaired) electrons. The molecule has 3 aliphatic heterocycles. The van der Waals surface area contributed by atoms with Gasteiger partial charge in [-0.2, -0.15) is 24.8 Å². The van der Waals surface area contributed by atoms with Gasteiger partial charge in [0, 0.05) is 30.8 Å². The van der Waals surface area contributed by atoms with Gasteiger partial charge in [-0.1, -0.05) is 30.6 Å². The van der Waals surface area contributed by atoms with E-state index in [1.165, 1.54) is 17.1 Å². The van der Waals surface area contributed by atoms with E-state index in [1.807, 2.05) is 4.90 Å². The Labute approximate surface area is 398 Å². The maximum atomic E-state index is 13.5. The summed E-state index contributed by atoms with van der Waals surface area (Å²) < 4.78 is 98.8. The molecule has 0 saturated carbocycles. The van der Waals surface area contributed by atoms with E-state index >= 15 is 0 Å². The lowest BCUT2D eigenvalue weighted by molar-refractivity contribution is -0.0424. The maximum absolute atomic E-state index is 13.5. The highest BCUT2D eigenvalue weighted by Crippen LogP contribution is 2.39. The Morgan fingerprint density at radius 3 is 1.75 bits per heavy atom. The van der Waals surface area contributed by atoms with Crippen LogP contribution in [0.25, 0.3) is 0 Å². The summed E-state index contributed by atoms with van der Waals surface area (Å²) >= 11 is 12.6. The molecular formula is C44H42Cl2F6N10O7. The summed E-state index contributed by atoms with van der Waals surface area (Å²) in [6.45, 7) is 0.655. The van der Waals surface area contributed by atoms with E-state index in [2.05, 4.69) is 35.2 Å². The second-order valence-corrected chi connectivity index (χ2v) is 16.1. The number of hydrogen-bond donors (Lipinski definition) is 3. The average Bonchev–Trinajstić information content (AvgIpc) is 3.34. The monoisotopic (exact) mass is 1010 g/mol. The minimum atomic E-state index is -2.97. The van der Waals surface area contributed by atoms with E-state index in [-0.39, 0.29) is 65.5 Å². The highest BCUT2D eigenvalue weighted by atomic mass is 35.5. The van der Waals surface area contributed by atoms with Crippen molar-refractivity contribution in [3.63, 3.8) is 0 Å². The van der Waals surface area contributed by atoms with E-state index in [9.17, 15) is 46.1 Å². The number of aliphatic hydroxyl groups excluding tert-OH is 2. The molecule has 0 bridgehead atoms. The molecule has 0 amide bonds. The summed E-state index contributed by atoms with van der Waals surface area (Å²) in [6, 6.07) is 5.63. The van der Waals surface area contributed by atoms with E-state index in [4.69, 9.17) is 37.4 Å². The van der Waals surface area contributed by atoms with Crippen LogP contribution < -0.4 is 30.4 Å². The summed E-state index contributed by atoms with van der Waals surface area (Å²) in [7, 11) is 0. The van der Waals surface area contributed by atoms with Gasteiger partial charge in [-0.25, -0.2) is 41.4 Å². The summed E-state index contributed by atoms with van der Waals surface area (Å²) in [5.41, 5.74) is 0.620. The van der Waals surface area contributed by atoms with E-state index in [0.717, 1.165) is 37.1 Å². The van der Waals surface area contributed by atoms with Gasteiger partial charge < -0.3 is 34.2 Å². The summed E-state index contributed by atoms with van der Waals surface area (Å²) in [4.78, 5) is 45.2. The van der Waals surface area contributed by atoms with Gasteiger partial charge >= 0.3 is 0 Å². The molecule has 69 heavy (non-hydrogen) atoms. The molecule has 1 atom stereocenters. The molecule has 1 fully saturated rings. The Kier molecular flexibility index (Phi) is 16.0. The molecule has 3 N–H and O–H groups in total. The Morgan fingerprint density at radius 2 is 1.28 bits per heavy atom. The number of benzene rings is 2. The van der Waals surface area contributed by atoms with Crippen LogP contribution in [0.15, 0.2) is 58.4 Å². The molecule has 2 aromatic carbocycles. The largest absolute Gasteiger partial charge is 0.438 e. The van der Waals surface area contributed by atoms with Crippen LogP contribution in [-0.4, -0.2) is 69.8 Å². The summed E-state index contributed by atoms with van der Waals surface area (Å²) in [5, 5.41) is 29.5. The maximum Gasteiger partial charge on any atom is 0.290 e. The predicted molar refractivity (Wildman–Crippen MR) is 237 cm³/mol. The number of nitrogens with one attached hydrogen (secondary N) is 1. The van der Waals surface area contributed by atoms with Crippen molar-refractivity contribution in [1.82, 2.24) is 39.9 Å². The van der Waals surface area contributed by atoms with Crippen molar-refractivity contribution < 1.29 is 50.8 Å². The zero-order valence-electron chi connectivity index (χ0n) is 35.3. The molecule has 25 heteroatoms. The zero-order chi connectivity index (χ0) is 48.2. The quantitative estimate of drug-likeness (QED) is 0.105. The molecule has 1 saturated heterocycles. The first-order valence-corrected chi connectivity index (χ1v) is 21.6. The number of aromatic nitrogens is 8. The van der Waals surface area contributed by atoms with Gasteiger partial charge in [-0.15, -0.1) is 0 Å². The van der Waals surface area contributed by atoms with Gasteiger partial charge in [-0.05, 0) is 68.5 Å². The number of nitrogens with zero attached hydrogens (tertiary/aromatic N) is 9. The lowest BCUT2D eigenvalue weighted by Crippen LogP contribution is -2.36. The van der Waals surface area contributed by atoms with Gasteiger partial charge in [0.05, 0.1) is 59.4 Å². The van der Waals surface area contributed by atoms with Crippen LogP contribution in [0.4, 0.5) is 37.7 Å². The molecule has 9 rings (SSSR count). The Balaban J connectivity index is 0.000000204. The number of ether oxygens (including phenoxy) is 3. The molecule has 0 aliphatic carbocycles. The van der Waals surface area contributed by atoms with E-state index in [1.54, 1.807) is 4.90 Å². The first-order chi connectivity index (χ1) is 32.7. The van der Waals surface area contributed by atoms with Crippen molar-refractivity contribution in [2.45, 2.75) is 84.9 Å². The average molecular weight is 1010 g/mol. The third-order valence-electron chi connectivity index (χ3n) is 11.1. The zero-order valence-corrected chi connectivity index (χ0v) is 36.8. The molecule has 7 heterocycles. The van der Waals surface area contributed by atoms with Crippen molar-refractivity contribution in [2.75, 3.05) is 29.5 Å². The number of alkyl halides is 4. The molecule has 4 aromatic heterocycles. The second kappa shape index (κ2) is 21.9. The van der Waals surface area contributed by atoms with Crippen LogP contribution in [0.5, 0.6) is 23.3 Å². The highest BCUT2D eigenvalue weighted by molar-refractivity contribution is 6.33. The SMILES string of the molecule is C.O=c1[nH]ncc(N2CCc3c(nc(CO)nc3Oc3ccc(F)cc3C(F)F)C2)c1Cl.O=c1c(Cl)c(N2CCc3c(nc(CO)nc3Oc3ccc(F)cc3C(F)F)C2)cnn1C1CCCCO1. The van der Waals surface area contributed by atoms with Gasteiger partial charge in [0.2, 0.25) is 11.8 Å². The molecule has 3 aliphatic rings. The van der Waals surface area contributed by atoms with Gasteiger partial charge in [0.25, 0.3) is 24.0 Å². The first kappa shape index (κ1) is 50.5. The third-order valence-corrected chi connectivity index (χ3v) is 11.8. The summed E-state index contributed by atoms with van der Waals surface area (Å²) in [6.07, 6.45) is -0.276. The van der Waals surface area contributed by atoms with Gasteiger partial charge in [0.15, 0.2) is 17.9 Å². The topological polar surface area (TPSA) is 207 Å². The summed E-state index contributed by atoms with van der Waals surface area (Å²) in [5.74, 6) is -2.09. The molecule has 0 spiro atoms. The minimum absolute atomic E-state index is 0. The van der Waals surface area contributed by atoms with Crippen LogP contribution in [0, 0.1) is 11.6 Å². The van der Waals surface area contributed by atoms with Crippen molar-refractivity contribution >= 4 is 34.6 Å².